The van der Waals surface area contributed by atoms with Crippen molar-refractivity contribution in [1.82, 2.24) is 5.32 Å². The van der Waals surface area contributed by atoms with Crippen molar-refractivity contribution in [2.75, 3.05) is 24.8 Å². The second-order valence-electron chi connectivity index (χ2n) is 4.58. The van der Waals surface area contributed by atoms with Crippen molar-refractivity contribution in [1.29, 1.82) is 0 Å². The van der Waals surface area contributed by atoms with Crippen LogP contribution >= 0.6 is 15.9 Å². The molecule has 0 bridgehead atoms. The molecule has 2 aromatic rings. The first kappa shape index (κ1) is 16.8. The van der Waals surface area contributed by atoms with E-state index in [2.05, 4.69) is 31.9 Å². The van der Waals surface area contributed by atoms with E-state index in [4.69, 9.17) is 4.74 Å². The number of urea groups is 1. The fourth-order valence-corrected chi connectivity index (χ4v) is 2.26. The molecule has 0 spiro atoms. The number of amides is 3. The van der Waals surface area contributed by atoms with Crippen LogP contribution in [0, 0.1) is 0 Å². The van der Waals surface area contributed by atoms with Crippen molar-refractivity contribution < 1.29 is 14.3 Å². The summed E-state index contributed by atoms with van der Waals surface area (Å²) in [6, 6.07) is 11.7. The van der Waals surface area contributed by atoms with Gasteiger partial charge in [-0.05, 0) is 58.4 Å². The first-order chi connectivity index (χ1) is 11.0. The van der Waals surface area contributed by atoms with Crippen LogP contribution in [0.5, 0.6) is 5.75 Å². The quantitative estimate of drug-likeness (QED) is 0.763. The minimum absolute atomic E-state index is 0.261. The van der Waals surface area contributed by atoms with Gasteiger partial charge in [0.05, 0.1) is 12.7 Å². The Kier molecular flexibility index (Phi) is 5.59. The van der Waals surface area contributed by atoms with E-state index in [-0.39, 0.29) is 11.9 Å². The van der Waals surface area contributed by atoms with E-state index >= 15 is 0 Å². The SMILES string of the molecule is CNC(=O)Nc1ccc(NC(=O)c2cc(OC)ccc2Br)cc1. The molecule has 0 aromatic heterocycles. The molecule has 6 nitrogen and oxygen atoms in total. The van der Waals surface area contributed by atoms with Gasteiger partial charge < -0.3 is 20.7 Å². The number of hydrogen-bond donors (Lipinski definition) is 3. The summed E-state index contributed by atoms with van der Waals surface area (Å²) in [7, 11) is 3.08. The van der Waals surface area contributed by atoms with Gasteiger partial charge in [-0.15, -0.1) is 0 Å². The predicted molar refractivity (Wildman–Crippen MR) is 93.2 cm³/mol. The highest BCUT2D eigenvalue weighted by molar-refractivity contribution is 9.10. The number of carbonyl (C=O) groups excluding carboxylic acids is 2. The number of hydrogen-bond acceptors (Lipinski definition) is 3. The lowest BCUT2D eigenvalue weighted by atomic mass is 10.2. The fraction of sp³-hybridized carbons (Fsp3) is 0.125. The van der Waals surface area contributed by atoms with Crippen molar-refractivity contribution in [3.8, 4) is 5.75 Å². The standard InChI is InChI=1S/C16H16BrN3O3/c1-18-16(22)20-11-5-3-10(4-6-11)19-15(21)13-9-12(23-2)7-8-14(13)17/h3-9H,1-2H3,(H,19,21)(H2,18,20,22). The van der Waals surface area contributed by atoms with Gasteiger partial charge in [-0.3, -0.25) is 4.79 Å². The van der Waals surface area contributed by atoms with Gasteiger partial charge in [-0.1, -0.05) is 0 Å². The van der Waals surface area contributed by atoms with E-state index in [1.807, 2.05) is 0 Å². The summed E-state index contributed by atoms with van der Waals surface area (Å²) in [5.41, 5.74) is 1.72. The number of methoxy groups -OCH3 is 1. The summed E-state index contributed by atoms with van der Waals surface area (Å²) >= 11 is 3.35. The second kappa shape index (κ2) is 7.64. The minimum Gasteiger partial charge on any atom is -0.497 e. The number of nitrogens with one attached hydrogen (secondary N) is 3. The number of anilines is 2. The van der Waals surface area contributed by atoms with E-state index in [0.717, 1.165) is 0 Å². The molecule has 0 aliphatic heterocycles. The normalized spacial score (nSPS) is 9.87. The van der Waals surface area contributed by atoms with Crippen LogP contribution in [-0.2, 0) is 0 Å². The van der Waals surface area contributed by atoms with E-state index < -0.39 is 0 Å². The smallest absolute Gasteiger partial charge is 0.318 e. The van der Waals surface area contributed by atoms with Gasteiger partial charge in [-0.2, -0.15) is 0 Å². The average Bonchev–Trinajstić information content (AvgIpc) is 2.56. The van der Waals surface area contributed by atoms with Crippen molar-refractivity contribution in [3.05, 3.63) is 52.5 Å². The molecule has 2 rings (SSSR count). The van der Waals surface area contributed by atoms with Crippen LogP contribution in [0.2, 0.25) is 0 Å². The summed E-state index contributed by atoms with van der Waals surface area (Å²) in [6.07, 6.45) is 0. The molecular formula is C16H16BrN3O3. The summed E-state index contributed by atoms with van der Waals surface area (Å²) in [5.74, 6) is 0.339. The topological polar surface area (TPSA) is 79.5 Å². The highest BCUT2D eigenvalue weighted by atomic mass is 79.9. The zero-order chi connectivity index (χ0) is 16.8. The molecular weight excluding hydrogens is 362 g/mol. The third-order valence-corrected chi connectivity index (χ3v) is 3.74. The van der Waals surface area contributed by atoms with Crippen LogP contribution in [0.3, 0.4) is 0 Å². The van der Waals surface area contributed by atoms with Gasteiger partial charge in [0, 0.05) is 22.9 Å². The van der Waals surface area contributed by atoms with Gasteiger partial charge in [0.2, 0.25) is 0 Å². The van der Waals surface area contributed by atoms with Crippen LogP contribution in [0.15, 0.2) is 46.9 Å². The lowest BCUT2D eigenvalue weighted by Crippen LogP contribution is -2.24. The Bertz CT molecular complexity index is 717. The zero-order valence-electron chi connectivity index (χ0n) is 12.6. The number of carbonyl (C=O) groups is 2. The molecule has 2 aromatic carbocycles. The predicted octanol–water partition coefficient (Wildman–Crippen LogP) is 3.46. The summed E-state index contributed by atoms with van der Waals surface area (Å²) in [4.78, 5) is 23.6. The summed E-state index contributed by atoms with van der Waals surface area (Å²) < 4.78 is 5.80. The van der Waals surface area contributed by atoms with Crippen molar-refractivity contribution >= 4 is 39.2 Å². The Labute approximate surface area is 142 Å². The maximum atomic E-state index is 12.3. The second-order valence-corrected chi connectivity index (χ2v) is 5.44. The van der Waals surface area contributed by atoms with Crippen LogP contribution in [0.4, 0.5) is 16.2 Å². The Morgan fingerprint density at radius 3 is 2.17 bits per heavy atom. The number of benzene rings is 2. The van der Waals surface area contributed by atoms with Gasteiger partial charge in [-0.25, -0.2) is 4.79 Å². The van der Waals surface area contributed by atoms with Crippen LogP contribution < -0.4 is 20.7 Å². The number of rotatable bonds is 4. The van der Waals surface area contributed by atoms with E-state index in [1.54, 1.807) is 49.6 Å². The molecule has 0 fully saturated rings. The molecule has 7 heteroatoms. The Morgan fingerprint density at radius 1 is 1.00 bits per heavy atom. The van der Waals surface area contributed by atoms with Gasteiger partial charge >= 0.3 is 6.03 Å². The molecule has 3 N–H and O–H groups in total. The highest BCUT2D eigenvalue weighted by Gasteiger charge is 2.12. The molecule has 0 radical (unpaired) electrons. The van der Waals surface area contributed by atoms with E-state index in [9.17, 15) is 9.59 Å². The third kappa shape index (κ3) is 4.46. The Morgan fingerprint density at radius 2 is 1.61 bits per heavy atom. The molecule has 0 atom stereocenters. The molecule has 0 heterocycles. The first-order valence-corrected chi connectivity index (χ1v) is 7.56. The van der Waals surface area contributed by atoms with Gasteiger partial charge in [0.1, 0.15) is 5.75 Å². The first-order valence-electron chi connectivity index (χ1n) is 6.77. The highest BCUT2D eigenvalue weighted by Crippen LogP contribution is 2.24. The van der Waals surface area contributed by atoms with E-state index in [1.165, 1.54) is 7.05 Å². The molecule has 3 amide bonds. The fourth-order valence-electron chi connectivity index (χ4n) is 1.83. The van der Waals surface area contributed by atoms with Crippen LogP contribution in [0.25, 0.3) is 0 Å². The largest absolute Gasteiger partial charge is 0.497 e. The molecule has 0 aliphatic carbocycles. The van der Waals surface area contributed by atoms with Crippen LogP contribution in [0.1, 0.15) is 10.4 Å². The van der Waals surface area contributed by atoms with Gasteiger partial charge in [0.15, 0.2) is 0 Å². The van der Waals surface area contributed by atoms with Gasteiger partial charge in [0.25, 0.3) is 5.91 Å². The van der Waals surface area contributed by atoms with Crippen LogP contribution in [-0.4, -0.2) is 26.1 Å². The summed E-state index contributed by atoms with van der Waals surface area (Å²) in [5, 5.41) is 7.90. The van der Waals surface area contributed by atoms with Crippen molar-refractivity contribution in [3.63, 3.8) is 0 Å². The molecule has 0 aliphatic rings. The third-order valence-electron chi connectivity index (χ3n) is 3.05. The molecule has 0 saturated heterocycles. The van der Waals surface area contributed by atoms with Crippen molar-refractivity contribution in [2.45, 2.75) is 0 Å². The van der Waals surface area contributed by atoms with Crippen molar-refractivity contribution in [2.24, 2.45) is 0 Å². The lowest BCUT2D eigenvalue weighted by Gasteiger charge is -2.10. The Balaban J connectivity index is 2.10. The maximum absolute atomic E-state index is 12.3. The molecule has 0 saturated carbocycles. The number of halogens is 1. The van der Waals surface area contributed by atoms with E-state index in [0.29, 0.717) is 27.2 Å². The molecule has 23 heavy (non-hydrogen) atoms. The minimum atomic E-state index is -0.304. The number of ether oxygens (including phenoxy) is 1. The molecule has 0 unspecified atom stereocenters. The average molecular weight is 378 g/mol. The molecule has 120 valence electrons. The zero-order valence-corrected chi connectivity index (χ0v) is 14.2. The lowest BCUT2D eigenvalue weighted by molar-refractivity contribution is 0.102. The monoisotopic (exact) mass is 377 g/mol. The summed E-state index contributed by atoms with van der Waals surface area (Å²) in [6.45, 7) is 0. The Hall–Kier alpha value is -2.54. The maximum Gasteiger partial charge on any atom is 0.318 e.